The number of primary sulfonamides is 1. The van der Waals surface area contributed by atoms with Crippen LogP contribution in [0.2, 0.25) is 0 Å². The molecular formula is C17H18N2O6S. The fraction of sp³-hybridized carbons (Fsp3) is 0.235. The number of benzene rings is 2. The van der Waals surface area contributed by atoms with Crippen molar-refractivity contribution in [1.29, 1.82) is 0 Å². The first kappa shape index (κ1) is 18.0. The van der Waals surface area contributed by atoms with E-state index in [1.165, 1.54) is 12.1 Å². The quantitative estimate of drug-likeness (QED) is 0.779. The molecule has 3 rings (SSSR count). The van der Waals surface area contributed by atoms with Crippen molar-refractivity contribution in [3.63, 3.8) is 0 Å². The monoisotopic (exact) mass is 378 g/mol. The van der Waals surface area contributed by atoms with Gasteiger partial charge in [0.25, 0.3) is 5.91 Å². The topological polar surface area (TPSA) is 117 Å². The molecule has 1 aliphatic heterocycles. The van der Waals surface area contributed by atoms with Crippen molar-refractivity contribution in [1.82, 2.24) is 5.32 Å². The molecule has 1 heterocycles. The zero-order chi connectivity index (χ0) is 18.7. The molecule has 1 aliphatic rings. The minimum Gasteiger partial charge on any atom is -0.481 e. The summed E-state index contributed by atoms with van der Waals surface area (Å²) in [5.41, 5.74) is 0.737. The van der Waals surface area contributed by atoms with Gasteiger partial charge >= 0.3 is 0 Å². The smallest absolute Gasteiger partial charge is 0.261 e. The maximum absolute atomic E-state index is 12.2. The van der Waals surface area contributed by atoms with Crippen molar-refractivity contribution in [2.24, 2.45) is 5.14 Å². The molecule has 0 spiro atoms. The summed E-state index contributed by atoms with van der Waals surface area (Å²) in [6.45, 7) is 2.03. The molecule has 0 aliphatic carbocycles. The van der Waals surface area contributed by atoms with Gasteiger partial charge in [-0.25, -0.2) is 13.6 Å². The largest absolute Gasteiger partial charge is 0.481 e. The van der Waals surface area contributed by atoms with E-state index in [0.717, 1.165) is 5.56 Å². The van der Waals surface area contributed by atoms with Gasteiger partial charge in [-0.3, -0.25) is 4.79 Å². The summed E-state index contributed by atoms with van der Waals surface area (Å²) in [7, 11) is -3.73. The minimum atomic E-state index is -3.73. The summed E-state index contributed by atoms with van der Waals surface area (Å²) in [5, 5.41) is 7.77. The Morgan fingerprint density at radius 1 is 1.19 bits per heavy atom. The predicted molar refractivity (Wildman–Crippen MR) is 92.3 cm³/mol. The molecule has 8 nitrogen and oxygen atoms in total. The maximum atomic E-state index is 12.2. The van der Waals surface area contributed by atoms with Crippen LogP contribution in [0.4, 0.5) is 0 Å². The van der Waals surface area contributed by atoms with Crippen LogP contribution in [0.3, 0.4) is 0 Å². The number of rotatable bonds is 6. The van der Waals surface area contributed by atoms with E-state index < -0.39 is 16.1 Å². The Kier molecular flexibility index (Phi) is 5.01. The Balaban J connectivity index is 1.54. The van der Waals surface area contributed by atoms with Gasteiger partial charge in [-0.05, 0) is 36.8 Å². The van der Waals surface area contributed by atoms with Crippen molar-refractivity contribution in [3.05, 3.63) is 48.0 Å². The van der Waals surface area contributed by atoms with Crippen LogP contribution in [0, 0.1) is 0 Å². The Labute approximate surface area is 150 Å². The molecule has 1 amide bonds. The lowest BCUT2D eigenvalue weighted by Gasteiger charge is -2.15. The molecule has 0 unspecified atom stereocenters. The Hall–Kier alpha value is -2.78. The predicted octanol–water partition coefficient (Wildman–Crippen LogP) is 1.15. The third-order valence-electron chi connectivity index (χ3n) is 3.74. The number of amides is 1. The van der Waals surface area contributed by atoms with Crippen molar-refractivity contribution < 1.29 is 27.4 Å². The van der Waals surface area contributed by atoms with Crippen LogP contribution in [0.5, 0.6) is 17.2 Å². The number of ether oxygens (including phenoxy) is 3. The van der Waals surface area contributed by atoms with Gasteiger partial charge in [-0.15, -0.1) is 0 Å². The average Bonchev–Trinajstić information content (AvgIpc) is 3.07. The SMILES string of the molecule is C[C@H](Oc1ccc2c(c1)OCO2)C(=O)NCc1ccc(S(N)(=O)=O)cc1. The molecule has 0 fully saturated rings. The summed E-state index contributed by atoms with van der Waals surface area (Å²) in [5.74, 6) is 1.40. The molecule has 26 heavy (non-hydrogen) atoms. The van der Waals surface area contributed by atoms with E-state index in [4.69, 9.17) is 19.3 Å². The number of carbonyl (C=O) groups is 1. The second-order valence-corrected chi connectivity index (χ2v) is 7.24. The molecule has 0 saturated carbocycles. The zero-order valence-electron chi connectivity index (χ0n) is 14.0. The van der Waals surface area contributed by atoms with Gasteiger partial charge in [0.05, 0.1) is 4.90 Å². The molecule has 0 bridgehead atoms. The molecule has 138 valence electrons. The standard InChI is InChI=1S/C17H18N2O6S/c1-11(25-13-4-7-15-16(8-13)24-10-23-15)17(20)19-9-12-2-5-14(6-3-12)26(18,21)22/h2-8,11H,9-10H2,1H3,(H,19,20)(H2,18,21,22)/t11-/m0/s1. The summed E-state index contributed by atoms with van der Waals surface area (Å²) >= 11 is 0. The molecule has 2 aromatic rings. The minimum absolute atomic E-state index is 0.0205. The second-order valence-electron chi connectivity index (χ2n) is 5.68. The fourth-order valence-corrected chi connectivity index (χ4v) is 2.85. The summed E-state index contributed by atoms with van der Waals surface area (Å²) in [6.07, 6.45) is -0.723. The van der Waals surface area contributed by atoms with E-state index >= 15 is 0 Å². The highest BCUT2D eigenvalue weighted by molar-refractivity contribution is 7.89. The first-order valence-corrected chi connectivity index (χ1v) is 9.33. The van der Waals surface area contributed by atoms with Gasteiger partial charge in [0.15, 0.2) is 17.6 Å². The molecular weight excluding hydrogens is 360 g/mol. The highest BCUT2D eigenvalue weighted by atomic mass is 32.2. The fourth-order valence-electron chi connectivity index (χ4n) is 2.34. The van der Waals surface area contributed by atoms with Crippen molar-refractivity contribution in [2.45, 2.75) is 24.5 Å². The van der Waals surface area contributed by atoms with Crippen LogP contribution in [0.25, 0.3) is 0 Å². The van der Waals surface area contributed by atoms with E-state index in [0.29, 0.717) is 17.2 Å². The molecule has 1 atom stereocenters. The van der Waals surface area contributed by atoms with Gasteiger partial charge in [0, 0.05) is 12.6 Å². The second kappa shape index (κ2) is 7.22. The van der Waals surface area contributed by atoms with E-state index in [1.54, 1.807) is 37.3 Å². The molecule has 3 N–H and O–H groups in total. The van der Waals surface area contributed by atoms with E-state index in [1.807, 2.05) is 0 Å². The zero-order valence-corrected chi connectivity index (χ0v) is 14.8. The Morgan fingerprint density at radius 2 is 1.88 bits per heavy atom. The van der Waals surface area contributed by atoms with Gasteiger partial charge in [0.1, 0.15) is 5.75 Å². The average molecular weight is 378 g/mol. The third-order valence-corrected chi connectivity index (χ3v) is 4.67. The lowest BCUT2D eigenvalue weighted by Crippen LogP contribution is -2.35. The Bertz CT molecular complexity index is 911. The van der Waals surface area contributed by atoms with Crippen LogP contribution in [0.15, 0.2) is 47.4 Å². The molecule has 9 heteroatoms. The summed E-state index contributed by atoms with van der Waals surface area (Å²) in [6, 6.07) is 11.0. The lowest BCUT2D eigenvalue weighted by atomic mass is 10.2. The number of fused-ring (bicyclic) bond motifs is 1. The lowest BCUT2D eigenvalue weighted by molar-refractivity contribution is -0.127. The number of hydrogen-bond donors (Lipinski definition) is 2. The highest BCUT2D eigenvalue weighted by Gasteiger charge is 2.18. The number of nitrogens with one attached hydrogen (secondary N) is 1. The third kappa shape index (κ3) is 4.24. The van der Waals surface area contributed by atoms with Gasteiger partial charge in [0.2, 0.25) is 16.8 Å². The van der Waals surface area contributed by atoms with Gasteiger partial charge < -0.3 is 19.5 Å². The molecule has 0 aromatic heterocycles. The number of sulfonamides is 1. The first-order valence-electron chi connectivity index (χ1n) is 7.79. The number of hydrogen-bond acceptors (Lipinski definition) is 6. The number of nitrogens with two attached hydrogens (primary N) is 1. The highest BCUT2D eigenvalue weighted by Crippen LogP contribution is 2.35. The molecule has 2 aromatic carbocycles. The summed E-state index contributed by atoms with van der Waals surface area (Å²) in [4.78, 5) is 12.2. The molecule has 0 saturated heterocycles. The van der Waals surface area contributed by atoms with Crippen molar-refractivity contribution in [3.8, 4) is 17.2 Å². The van der Waals surface area contributed by atoms with Crippen molar-refractivity contribution >= 4 is 15.9 Å². The molecule has 0 radical (unpaired) electrons. The number of carbonyl (C=O) groups excluding carboxylic acids is 1. The first-order chi connectivity index (χ1) is 12.3. The van der Waals surface area contributed by atoms with Gasteiger partial charge in [-0.1, -0.05) is 12.1 Å². The van der Waals surface area contributed by atoms with E-state index in [-0.39, 0.29) is 24.1 Å². The normalized spacial score (nSPS) is 13.9. The Morgan fingerprint density at radius 3 is 2.58 bits per heavy atom. The van der Waals surface area contributed by atoms with Crippen LogP contribution in [-0.4, -0.2) is 27.2 Å². The van der Waals surface area contributed by atoms with Crippen LogP contribution < -0.4 is 24.7 Å². The van der Waals surface area contributed by atoms with Crippen LogP contribution >= 0.6 is 0 Å². The van der Waals surface area contributed by atoms with Crippen LogP contribution in [-0.2, 0) is 21.4 Å². The van der Waals surface area contributed by atoms with E-state index in [2.05, 4.69) is 5.32 Å². The van der Waals surface area contributed by atoms with Crippen LogP contribution in [0.1, 0.15) is 12.5 Å². The van der Waals surface area contributed by atoms with E-state index in [9.17, 15) is 13.2 Å². The summed E-state index contributed by atoms with van der Waals surface area (Å²) < 4.78 is 38.5. The van der Waals surface area contributed by atoms with Gasteiger partial charge in [-0.2, -0.15) is 0 Å². The maximum Gasteiger partial charge on any atom is 0.261 e. The van der Waals surface area contributed by atoms with Crippen molar-refractivity contribution in [2.75, 3.05) is 6.79 Å².